The Morgan fingerprint density at radius 2 is 1.44 bits per heavy atom. The molecular weight excluding hydrogens is 446 g/mol. The summed E-state index contributed by atoms with van der Waals surface area (Å²) in [7, 11) is 0. The summed E-state index contributed by atoms with van der Waals surface area (Å²) in [5.41, 5.74) is 2.00. The van der Waals surface area contributed by atoms with Gasteiger partial charge in [0.25, 0.3) is 0 Å². The van der Waals surface area contributed by atoms with E-state index in [1.165, 1.54) is 51.4 Å². The second-order valence-corrected chi connectivity index (χ2v) is 11.9. The lowest BCUT2D eigenvalue weighted by molar-refractivity contribution is 0.166. The average molecular weight is 495 g/mol. The van der Waals surface area contributed by atoms with Crippen molar-refractivity contribution in [2.45, 2.75) is 110 Å². The number of hydrogen-bond donors (Lipinski definition) is 0. The van der Waals surface area contributed by atoms with Gasteiger partial charge in [-0.2, -0.15) is 0 Å². The smallest absolute Gasteiger partial charge is 0.166 e. The minimum Gasteiger partial charge on any atom is -0.203 e. The zero-order valence-electron chi connectivity index (χ0n) is 22.6. The second-order valence-electron chi connectivity index (χ2n) is 11.9. The summed E-state index contributed by atoms with van der Waals surface area (Å²) >= 11 is 0. The van der Waals surface area contributed by atoms with Crippen LogP contribution in [0.5, 0.6) is 0 Å². The fourth-order valence-electron chi connectivity index (χ4n) is 7.02. The Bertz CT molecular complexity index is 894. The van der Waals surface area contributed by atoms with Gasteiger partial charge in [-0.3, -0.25) is 0 Å². The Morgan fingerprint density at radius 1 is 0.778 bits per heavy atom. The van der Waals surface area contributed by atoms with E-state index in [0.29, 0.717) is 23.5 Å². The van der Waals surface area contributed by atoms with Crippen molar-refractivity contribution in [2.24, 2.45) is 29.6 Å². The highest BCUT2D eigenvalue weighted by Gasteiger charge is 2.29. The zero-order chi connectivity index (χ0) is 25.3. The third-order valence-electron chi connectivity index (χ3n) is 9.55. The average Bonchev–Trinajstić information content (AvgIpc) is 2.93. The molecule has 0 amide bonds. The van der Waals surface area contributed by atoms with E-state index in [1.807, 2.05) is 12.1 Å². The van der Waals surface area contributed by atoms with Crippen LogP contribution in [0.4, 0.5) is 8.78 Å². The van der Waals surface area contributed by atoms with E-state index in [9.17, 15) is 8.78 Å². The molecule has 0 heterocycles. The van der Waals surface area contributed by atoms with Gasteiger partial charge in [-0.1, -0.05) is 62.6 Å². The molecule has 0 aliphatic heterocycles. The molecule has 0 spiro atoms. The maximum atomic E-state index is 14.9. The van der Waals surface area contributed by atoms with Crippen molar-refractivity contribution in [2.75, 3.05) is 0 Å². The first-order valence-corrected chi connectivity index (χ1v) is 15.1. The van der Waals surface area contributed by atoms with Crippen molar-refractivity contribution in [3.8, 4) is 0 Å². The molecule has 0 N–H and O–H groups in total. The molecule has 198 valence electrons. The monoisotopic (exact) mass is 494 g/mol. The van der Waals surface area contributed by atoms with Crippen molar-refractivity contribution in [1.82, 2.24) is 0 Å². The van der Waals surface area contributed by atoms with Gasteiger partial charge in [-0.05, 0) is 124 Å². The van der Waals surface area contributed by atoms with E-state index >= 15 is 0 Å². The van der Waals surface area contributed by atoms with Crippen LogP contribution in [-0.4, -0.2) is 0 Å². The minimum atomic E-state index is -0.641. The molecule has 0 bridgehead atoms. The number of halogens is 2. The summed E-state index contributed by atoms with van der Waals surface area (Å²) in [6.45, 7) is 6.15. The summed E-state index contributed by atoms with van der Waals surface area (Å²) in [6, 6.07) is 3.63. The highest BCUT2D eigenvalue weighted by atomic mass is 19.2. The van der Waals surface area contributed by atoms with Gasteiger partial charge in [-0.15, -0.1) is 6.58 Å². The maximum Gasteiger partial charge on any atom is 0.166 e. The summed E-state index contributed by atoms with van der Waals surface area (Å²) in [5, 5.41) is 0. The van der Waals surface area contributed by atoms with Crippen molar-refractivity contribution in [1.29, 1.82) is 0 Å². The van der Waals surface area contributed by atoms with E-state index in [-0.39, 0.29) is 0 Å². The normalized spacial score (nSPS) is 29.3. The Labute approximate surface area is 219 Å². The Kier molecular flexibility index (Phi) is 10.4. The number of rotatable bonds is 10. The van der Waals surface area contributed by atoms with Crippen LogP contribution in [-0.2, 0) is 6.42 Å². The van der Waals surface area contributed by atoms with Crippen molar-refractivity contribution in [3.63, 3.8) is 0 Å². The minimum absolute atomic E-state index is 0.479. The summed E-state index contributed by atoms with van der Waals surface area (Å²) in [4.78, 5) is 0. The summed E-state index contributed by atoms with van der Waals surface area (Å²) in [6.07, 6.45) is 28.0. The molecular formula is C34H48F2. The molecule has 1 atom stereocenters. The van der Waals surface area contributed by atoms with Crippen molar-refractivity contribution < 1.29 is 8.78 Å². The highest BCUT2D eigenvalue weighted by Crippen LogP contribution is 2.42. The van der Waals surface area contributed by atoms with E-state index in [4.69, 9.17) is 0 Å². The molecule has 1 aromatic carbocycles. The van der Waals surface area contributed by atoms with Crippen molar-refractivity contribution >= 4 is 5.57 Å². The van der Waals surface area contributed by atoms with Crippen LogP contribution in [0.2, 0.25) is 0 Å². The van der Waals surface area contributed by atoms with Crippen LogP contribution in [0.15, 0.2) is 43.0 Å². The van der Waals surface area contributed by atoms with Crippen molar-refractivity contribution in [3.05, 3.63) is 65.8 Å². The van der Waals surface area contributed by atoms with Gasteiger partial charge in [0.2, 0.25) is 0 Å². The molecule has 1 aromatic rings. The third-order valence-corrected chi connectivity index (χ3v) is 9.55. The first-order valence-electron chi connectivity index (χ1n) is 15.1. The molecule has 0 saturated heterocycles. The molecule has 3 aliphatic rings. The van der Waals surface area contributed by atoms with Gasteiger partial charge < -0.3 is 0 Å². The first-order chi connectivity index (χ1) is 17.6. The highest BCUT2D eigenvalue weighted by molar-refractivity contribution is 5.67. The first kappa shape index (κ1) is 27.3. The lowest BCUT2D eigenvalue weighted by Crippen LogP contribution is -2.25. The van der Waals surface area contributed by atoms with Crippen LogP contribution in [0.1, 0.15) is 114 Å². The molecule has 0 aromatic heterocycles. The maximum absolute atomic E-state index is 14.9. The summed E-state index contributed by atoms with van der Waals surface area (Å²) < 4.78 is 29.6. The lowest BCUT2D eigenvalue weighted by Gasteiger charge is -2.37. The fourth-order valence-corrected chi connectivity index (χ4v) is 7.02. The van der Waals surface area contributed by atoms with E-state index < -0.39 is 11.6 Å². The topological polar surface area (TPSA) is 0 Å². The van der Waals surface area contributed by atoms with Crippen LogP contribution >= 0.6 is 0 Å². The van der Waals surface area contributed by atoms with Gasteiger partial charge in [0.05, 0.1) is 0 Å². The fraction of sp³-hybridized carbons (Fsp3) is 0.647. The van der Waals surface area contributed by atoms with Crippen LogP contribution < -0.4 is 0 Å². The van der Waals surface area contributed by atoms with Gasteiger partial charge in [0, 0.05) is 5.56 Å². The predicted molar refractivity (Wildman–Crippen MR) is 150 cm³/mol. The van der Waals surface area contributed by atoms with E-state index in [0.717, 1.165) is 74.2 Å². The van der Waals surface area contributed by atoms with Gasteiger partial charge in [-0.25, -0.2) is 8.78 Å². The molecule has 36 heavy (non-hydrogen) atoms. The molecule has 3 aliphatic carbocycles. The lowest BCUT2D eigenvalue weighted by atomic mass is 9.69. The summed E-state index contributed by atoms with van der Waals surface area (Å²) in [5.74, 6) is 2.65. The number of unbranched alkanes of at least 4 members (excludes halogenated alkanes) is 3. The largest absolute Gasteiger partial charge is 0.203 e. The third kappa shape index (κ3) is 7.20. The van der Waals surface area contributed by atoms with Gasteiger partial charge in [0.15, 0.2) is 11.6 Å². The van der Waals surface area contributed by atoms with E-state index in [1.54, 1.807) is 0 Å². The molecule has 2 fully saturated rings. The van der Waals surface area contributed by atoms with Gasteiger partial charge >= 0.3 is 0 Å². The Hall–Kier alpha value is -1.70. The standard InChI is InChI=1S/C34H48F2/c1-3-5-6-7-8-31-23-24-32(34(36)33(31)35)30-21-15-27(16-22-30)10-9-26-13-19-29(20-14-26)28-17-11-25(4-2)12-18-28/h4,9-10,21,23-29H,2-3,5-8,11-20,22H2,1H3/b10-9+. The second kappa shape index (κ2) is 13.7. The number of allylic oxidation sites excluding steroid dienone is 5. The number of benzene rings is 1. The zero-order valence-corrected chi connectivity index (χ0v) is 22.6. The molecule has 2 heteroatoms. The number of hydrogen-bond acceptors (Lipinski definition) is 0. The molecule has 0 radical (unpaired) electrons. The molecule has 1 unspecified atom stereocenters. The van der Waals surface area contributed by atoms with Gasteiger partial charge in [0.1, 0.15) is 0 Å². The Balaban J connectivity index is 1.23. The Morgan fingerprint density at radius 3 is 2.06 bits per heavy atom. The van der Waals surface area contributed by atoms with Crippen LogP contribution in [0.3, 0.4) is 0 Å². The molecule has 4 rings (SSSR count). The molecule has 2 saturated carbocycles. The van der Waals surface area contributed by atoms with E-state index in [2.05, 4.69) is 37.8 Å². The SMILES string of the molecule is C=CC1CCC(C2CCC(/C=C/C3CC=C(c4ccc(CCCCCC)c(F)c4F)CC3)CC2)CC1. The number of aryl methyl sites for hydroxylation is 1. The predicted octanol–water partition coefficient (Wildman–Crippen LogP) is 10.6. The van der Waals surface area contributed by atoms with Crippen LogP contribution in [0.25, 0.3) is 5.57 Å². The van der Waals surface area contributed by atoms with Crippen LogP contribution in [0, 0.1) is 41.2 Å². The quantitative estimate of drug-likeness (QED) is 0.224. The molecule has 0 nitrogen and oxygen atoms in total.